The van der Waals surface area contributed by atoms with Crippen LogP contribution in [0.1, 0.15) is 46.0 Å². The van der Waals surface area contributed by atoms with Crippen LogP contribution in [0.15, 0.2) is 12.2 Å². The summed E-state index contributed by atoms with van der Waals surface area (Å²) in [7, 11) is 0. The van der Waals surface area contributed by atoms with Crippen LogP contribution in [0.2, 0.25) is 0 Å². The van der Waals surface area contributed by atoms with Gasteiger partial charge in [0.2, 0.25) is 0 Å². The van der Waals surface area contributed by atoms with E-state index in [0.717, 1.165) is 6.61 Å². The van der Waals surface area contributed by atoms with Gasteiger partial charge in [0.1, 0.15) is 0 Å². The van der Waals surface area contributed by atoms with Crippen molar-refractivity contribution in [2.45, 2.75) is 52.1 Å². The molecule has 3 aliphatic rings. The molecule has 0 N–H and O–H groups in total. The summed E-state index contributed by atoms with van der Waals surface area (Å²) < 4.78 is 6.20. The van der Waals surface area contributed by atoms with Crippen molar-refractivity contribution in [3.8, 4) is 0 Å². The first-order valence-corrected chi connectivity index (χ1v) is 6.34. The van der Waals surface area contributed by atoms with E-state index in [1.165, 1.54) is 37.7 Å². The molecule has 0 aromatic heterocycles. The first kappa shape index (κ1) is 9.89. The van der Waals surface area contributed by atoms with Crippen LogP contribution in [0.25, 0.3) is 0 Å². The summed E-state index contributed by atoms with van der Waals surface area (Å²) in [5.41, 5.74) is 2.48. The molecule has 2 aliphatic carbocycles. The van der Waals surface area contributed by atoms with Gasteiger partial charge in [-0.05, 0) is 49.9 Å². The van der Waals surface area contributed by atoms with Crippen molar-refractivity contribution in [2.24, 2.45) is 16.7 Å². The van der Waals surface area contributed by atoms with Crippen LogP contribution >= 0.6 is 0 Å². The lowest BCUT2D eigenvalue weighted by Crippen LogP contribution is -2.41. The maximum Gasteiger partial charge on any atom is 0.0694 e. The Balaban J connectivity index is 1.77. The molecule has 84 valence electrons. The molecule has 0 radical (unpaired) electrons. The lowest BCUT2D eigenvalue weighted by molar-refractivity contribution is -0.0951. The van der Waals surface area contributed by atoms with Gasteiger partial charge in [-0.15, -0.1) is 0 Å². The van der Waals surface area contributed by atoms with Gasteiger partial charge >= 0.3 is 0 Å². The van der Waals surface area contributed by atoms with Crippen molar-refractivity contribution >= 4 is 0 Å². The van der Waals surface area contributed by atoms with Crippen LogP contribution in [0.4, 0.5) is 0 Å². The van der Waals surface area contributed by atoms with Gasteiger partial charge in [0.15, 0.2) is 0 Å². The summed E-state index contributed by atoms with van der Waals surface area (Å²) in [6.45, 7) is 9.55. The summed E-state index contributed by atoms with van der Waals surface area (Å²) in [5, 5.41) is 0. The predicted molar refractivity (Wildman–Crippen MR) is 61.7 cm³/mol. The molecule has 1 heteroatoms. The van der Waals surface area contributed by atoms with Gasteiger partial charge in [0, 0.05) is 5.92 Å². The third-order valence-electron chi connectivity index (χ3n) is 4.98. The Morgan fingerprint density at radius 1 is 1.33 bits per heavy atom. The number of hydrogen-bond donors (Lipinski definition) is 0. The van der Waals surface area contributed by atoms with E-state index in [9.17, 15) is 0 Å². The predicted octanol–water partition coefficient (Wildman–Crippen LogP) is 3.55. The molecule has 0 bridgehead atoms. The second kappa shape index (κ2) is 2.88. The molecule has 1 unspecified atom stereocenters. The Morgan fingerprint density at radius 3 is 2.47 bits per heavy atom. The molecule has 15 heavy (non-hydrogen) atoms. The highest BCUT2D eigenvalue weighted by Crippen LogP contribution is 2.67. The van der Waals surface area contributed by atoms with Gasteiger partial charge in [0.25, 0.3) is 0 Å². The summed E-state index contributed by atoms with van der Waals surface area (Å²) in [6, 6.07) is 0. The third kappa shape index (κ3) is 1.47. The molecule has 1 aliphatic heterocycles. The molecule has 0 amide bonds. The Bertz CT molecular complexity index is 296. The molecule has 1 saturated heterocycles. The van der Waals surface area contributed by atoms with E-state index in [0.29, 0.717) is 22.9 Å². The fourth-order valence-electron chi connectivity index (χ4n) is 3.39. The monoisotopic (exact) mass is 206 g/mol. The van der Waals surface area contributed by atoms with Crippen molar-refractivity contribution < 1.29 is 4.74 Å². The smallest absolute Gasteiger partial charge is 0.0694 e. The highest BCUT2D eigenvalue weighted by atomic mass is 16.5. The maximum atomic E-state index is 6.20. The molecule has 0 aromatic carbocycles. The van der Waals surface area contributed by atoms with Crippen LogP contribution < -0.4 is 0 Å². The summed E-state index contributed by atoms with van der Waals surface area (Å²) in [5.74, 6) is 0.545. The topological polar surface area (TPSA) is 9.23 Å². The Kier molecular flexibility index (Phi) is 1.90. The summed E-state index contributed by atoms with van der Waals surface area (Å²) in [4.78, 5) is 0. The molecular weight excluding hydrogens is 184 g/mol. The minimum Gasteiger partial charge on any atom is -0.376 e. The van der Waals surface area contributed by atoms with Crippen molar-refractivity contribution in [1.29, 1.82) is 0 Å². The van der Waals surface area contributed by atoms with Crippen LogP contribution in [-0.2, 0) is 4.74 Å². The Labute approximate surface area is 92.9 Å². The van der Waals surface area contributed by atoms with Gasteiger partial charge in [-0.3, -0.25) is 0 Å². The van der Waals surface area contributed by atoms with Crippen LogP contribution in [0, 0.1) is 16.7 Å². The van der Waals surface area contributed by atoms with Crippen molar-refractivity contribution in [1.82, 2.24) is 0 Å². The Hall–Kier alpha value is -0.300. The average molecular weight is 206 g/mol. The number of hydrogen-bond acceptors (Lipinski definition) is 1. The Morgan fingerprint density at radius 2 is 2.00 bits per heavy atom. The standard InChI is InChI=1S/C14H22O/c1-10(2)11(3)12-14(6-7-14)8-13(4-5-13)9-15-12/h11-12H,1,4-9H2,2-3H3/t11-,12?/m1/s1. The van der Waals surface area contributed by atoms with Gasteiger partial charge in [-0.2, -0.15) is 0 Å². The van der Waals surface area contributed by atoms with Crippen molar-refractivity contribution in [3.63, 3.8) is 0 Å². The van der Waals surface area contributed by atoms with E-state index >= 15 is 0 Å². The lowest BCUT2D eigenvalue weighted by atomic mass is 9.76. The van der Waals surface area contributed by atoms with Crippen LogP contribution in [0.5, 0.6) is 0 Å². The minimum atomic E-state index is 0.473. The van der Waals surface area contributed by atoms with Gasteiger partial charge in [-0.25, -0.2) is 0 Å². The fourth-order valence-corrected chi connectivity index (χ4v) is 3.39. The zero-order valence-electron chi connectivity index (χ0n) is 10.0. The minimum absolute atomic E-state index is 0.473. The molecule has 3 rings (SSSR count). The summed E-state index contributed by atoms with van der Waals surface area (Å²) >= 11 is 0. The number of rotatable bonds is 2. The van der Waals surface area contributed by atoms with E-state index in [1.807, 2.05) is 0 Å². The normalized spacial score (nSPS) is 36.5. The first-order valence-electron chi connectivity index (χ1n) is 6.34. The second-order valence-electron chi connectivity index (χ2n) is 6.41. The van der Waals surface area contributed by atoms with E-state index in [2.05, 4.69) is 20.4 Å². The highest BCUT2D eigenvalue weighted by molar-refractivity contribution is 5.15. The van der Waals surface area contributed by atoms with E-state index in [4.69, 9.17) is 4.74 Å². The molecular formula is C14H22O. The first-order chi connectivity index (χ1) is 7.07. The third-order valence-corrected chi connectivity index (χ3v) is 4.98. The van der Waals surface area contributed by atoms with E-state index in [1.54, 1.807) is 0 Å². The molecule has 1 heterocycles. The summed E-state index contributed by atoms with van der Waals surface area (Å²) in [6.07, 6.45) is 7.56. The SMILES string of the molecule is C=C(C)[C@@H](C)C1OCC2(CC2)CC12CC2. The number of ether oxygens (including phenoxy) is 1. The van der Waals surface area contributed by atoms with E-state index in [-0.39, 0.29) is 0 Å². The zero-order valence-corrected chi connectivity index (χ0v) is 10.0. The molecule has 1 nitrogen and oxygen atoms in total. The zero-order chi connectivity index (χ0) is 10.7. The second-order valence-corrected chi connectivity index (χ2v) is 6.41. The molecule has 0 aromatic rings. The van der Waals surface area contributed by atoms with Gasteiger partial charge in [-0.1, -0.05) is 19.1 Å². The van der Waals surface area contributed by atoms with Crippen molar-refractivity contribution in [2.75, 3.05) is 6.61 Å². The van der Waals surface area contributed by atoms with Crippen molar-refractivity contribution in [3.05, 3.63) is 12.2 Å². The van der Waals surface area contributed by atoms with E-state index < -0.39 is 0 Å². The quantitative estimate of drug-likeness (QED) is 0.628. The molecule has 2 saturated carbocycles. The fraction of sp³-hybridized carbons (Fsp3) is 0.857. The van der Waals surface area contributed by atoms with Crippen LogP contribution in [0.3, 0.4) is 0 Å². The maximum absolute atomic E-state index is 6.20. The van der Waals surface area contributed by atoms with Crippen LogP contribution in [-0.4, -0.2) is 12.7 Å². The largest absolute Gasteiger partial charge is 0.376 e. The lowest BCUT2D eigenvalue weighted by Gasteiger charge is -2.40. The molecule has 2 spiro atoms. The molecule has 2 atom stereocenters. The average Bonchev–Trinajstić information content (AvgIpc) is 3.08. The molecule has 3 fully saturated rings. The van der Waals surface area contributed by atoms with Gasteiger partial charge in [0.05, 0.1) is 12.7 Å². The van der Waals surface area contributed by atoms with Gasteiger partial charge < -0.3 is 4.74 Å². The highest BCUT2D eigenvalue weighted by Gasteiger charge is 2.62.